The van der Waals surface area contributed by atoms with Crippen molar-refractivity contribution in [1.29, 1.82) is 0 Å². The number of nitrogens with one attached hydrogen (secondary N) is 1. The fourth-order valence-corrected chi connectivity index (χ4v) is 2.75. The van der Waals surface area contributed by atoms with Gasteiger partial charge in [-0.25, -0.2) is 4.98 Å². The topological polar surface area (TPSA) is 28.2 Å². The van der Waals surface area contributed by atoms with E-state index in [0.717, 1.165) is 49.3 Å². The van der Waals surface area contributed by atoms with E-state index in [1.54, 1.807) is 0 Å². The largest absolute Gasteiger partial charge is 0.314 e. The predicted octanol–water partition coefficient (Wildman–Crippen LogP) is 3.60. The van der Waals surface area contributed by atoms with E-state index in [2.05, 4.69) is 49.8 Å². The zero-order valence-electron chi connectivity index (χ0n) is 11.4. The highest BCUT2D eigenvalue weighted by Crippen LogP contribution is 2.25. The van der Waals surface area contributed by atoms with Gasteiger partial charge in [-0.3, -0.25) is 4.90 Å². The van der Waals surface area contributed by atoms with Crippen LogP contribution < -0.4 is 5.32 Å². The Morgan fingerprint density at radius 3 is 2.65 bits per heavy atom. The SMILES string of the molecule is C=CCC[C@H](c1cccc(Br)n1)N1CCNCC1.Cl.Cl. The van der Waals surface area contributed by atoms with E-state index in [0.29, 0.717) is 6.04 Å². The summed E-state index contributed by atoms with van der Waals surface area (Å²) in [6.07, 6.45) is 4.11. The van der Waals surface area contributed by atoms with Gasteiger partial charge in [0.25, 0.3) is 0 Å². The maximum atomic E-state index is 4.62. The number of hydrogen-bond donors (Lipinski definition) is 1. The van der Waals surface area contributed by atoms with Crippen molar-refractivity contribution in [3.63, 3.8) is 0 Å². The van der Waals surface area contributed by atoms with E-state index < -0.39 is 0 Å². The lowest BCUT2D eigenvalue weighted by molar-refractivity contribution is 0.163. The van der Waals surface area contributed by atoms with Gasteiger partial charge >= 0.3 is 0 Å². The molecule has 20 heavy (non-hydrogen) atoms. The van der Waals surface area contributed by atoms with Crippen molar-refractivity contribution in [1.82, 2.24) is 15.2 Å². The molecule has 3 nitrogen and oxygen atoms in total. The van der Waals surface area contributed by atoms with Crippen LogP contribution in [0.15, 0.2) is 35.5 Å². The number of nitrogens with zero attached hydrogens (tertiary/aromatic N) is 2. The van der Waals surface area contributed by atoms with Crippen molar-refractivity contribution in [3.8, 4) is 0 Å². The fourth-order valence-electron chi connectivity index (χ4n) is 2.40. The molecule has 1 N–H and O–H groups in total. The molecule has 0 saturated carbocycles. The summed E-state index contributed by atoms with van der Waals surface area (Å²) in [6.45, 7) is 8.15. The van der Waals surface area contributed by atoms with Gasteiger partial charge in [-0.1, -0.05) is 12.1 Å². The Labute approximate surface area is 142 Å². The second-order valence-electron chi connectivity index (χ2n) is 4.55. The number of rotatable bonds is 5. The maximum absolute atomic E-state index is 4.62. The van der Waals surface area contributed by atoms with Gasteiger partial charge in [0, 0.05) is 26.2 Å². The lowest BCUT2D eigenvalue weighted by atomic mass is 10.0. The Morgan fingerprint density at radius 1 is 1.35 bits per heavy atom. The molecule has 1 atom stereocenters. The molecular weight excluding hydrogens is 361 g/mol. The molecule has 1 aliphatic heterocycles. The number of piperazine rings is 1. The van der Waals surface area contributed by atoms with Crippen LogP contribution in [0.5, 0.6) is 0 Å². The summed E-state index contributed by atoms with van der Waals surface area (Å²) in [6, 6.07) is 6.57. The van der Waals surface area contributed by atoms with Crippen molar-refractivity contribution in [2.24, 2.45) is 0 Å². The zero-order chi connectivity index (χ0) is 12.8. The third-order valence-corrected chi connectivity index (χ3v) is 3.76. The minimum absolute atomic E-state index is 0. The van der Waals surface area contributed by atoms with Gasteiger partial charge in [0.1, 0.15) is 4.60 Å². The first kappa shape index (κ1) is 19.9. The van der Waals surface area contributed by atoms with Gasteiger partial charge in [0.2, 0.25) is 0 Å². The van der Waals surface area contributed by atoms with E-state index in [-0.39, 0.29) is 24.8 Å². The second kappa shape index (κ2) is 10.6. The van der Waals surface area contributed by atoms with Crippen LogP contribution in [0.2, 0.25) is 0 Å². The molecule has 0 amide bonds. The quantitative estimate of drug-likeness (QED) is 0.622. The molecule has 1 aliphatic rings. The van der Waals surface area contributed by atoms with E-state index in [1.165, 1.54) is 0 Å². The monoisotopic (exact) mass is 381 g/mol. The van der Waals surface area contributed by atoms with Crippen LogP contribution in [0, 0.1) is 0 Å². The summed E-state index contributed by atoms with van der Waals surface area (Å²) in [7, 11) is 0. The van der Waals surface area contributed by atoms with Crippen molar-refractivity contribution < 1.29 is 0 Å². The van der Waals surface area contributed by atoms with Gasteiger partial charge in [-0.15, -0.1) is 31.4 Å². The third-order valence-electron chi connectivity index (χ3n) is 3.31. The average Bonchev–Trinajstić information content (AvgIpc) is 2.40. The van der Waals surface area contributed by atoms with Gasteiger partial charge in [-0.05, 0) is 40.9 Å². The van der Waals surface area contributed by atoms with Crippen LogP contribution in [-0.4, -0.2) is 36.1 Å². The van der Waals surface area contributed by atoms with E-state index in [9.17, 15) is 0 Å². The molecule has 0 spiro atoms. The Morgan fingerprint density at radius 2 is 2.05 bits per heavy atom. The summed E-state index contributed by atoms with van der Waals surface area (Å²) in [4.78, 5) is 7.14. The third kappa shape index (κ3) is 5.70. The molecule has 1 fully saturated rings. The number of hydrogen-bond acceptors (Lipinski definition) is 3. The molecular formula is C14H22BrCl2N3. The molecule has 0 bridgehead atoms. The molecule has 0 unspecified atom stereocenters. The van der Waals surface area contributed by atoms with Crippen molar-refractivity contribution in [2.75, 3.05) is 26.2 Å². The zero-order valence-corrected chi connectivity index (χ0v) is 14.6. The molecule has 1 aromatic heterocycles. The first-order chi connectivity index (χ1) is 8.81. The Kier molecular flexibility index (Phi) is 10.5. The van der Waals surface area contributed by atoms with Crippen molar-refractivity contribution in [3.05, 3.63) is 41.2 Å². The highest BCUT2D eigenvalue weighted by molar-refractivity contribution is 9.10. The van der Waals surface area contributed by atoms with E-state index in [4.69, 9.17) is 0 Å². The molecule has 114 valence electrons. The number of halogens is 3. The van der Waals surface area contributed by atoms with E-state index in [1.807, 2.05) is 12.1 Å². The van der Waals surface area contributed by atoms with Crippen LogP contribution in [0.3, 0.4) is 0 Å². The Balaban J connectivity index is 0.00000180. The predicted molar refractivity (Wildman–Crippen MR) is 93.0 cm³/mol. The highest BCUT2D eigenvalue weighted by Gasteiger charge is 2.22. The van der Waals surface area contributed by atoms with Gasteiger partial charge in [0.05, 0.1) is 11.7 Å². The average molecular weight is 383 g/mol. The minimum Gasteiger partial charge on any atom is -0.314 e. The van der Waals surface area contributed by atoms with Crippen molar-refractivity contribution >= 4 is 40.7 Å². The summed E-state index contributed by atoms with van der Waals surface area (Å²) >= 11 is 3.46. The number of aromatic nitrogens is 1. The fraction of sp³-hybridized carbons (Fsp3) is 0.500. The summed E-state index contributed by atoms with van der Waals surface area (Å²) in [5.41, 5.74) is 1.16. The Bertz CT molecular complexity index is 398. The molecule has 2 rings (SSSR count). The number of pyridine rings is 1. The highest BCUT2D eigenvalue weighted by atomic mass is 79.9. The lowest BCUT2D eigenvalue weighted by Gasteiger charge is -2.34. The van der Waals surface area contributed by atoms with Gasteiger partial charge in [0.15, 0.2) is 0 Å². The number of allylic oxidation sites excluding steroid dienone is 1. The molecule has 0 aromatic carbocycles. The van der Waals surface area contributed by atoms with Crippen LogP contribution >= 0.6 is 40.7 Å². The Hall–Kier alpha value is -0.130. The molecule has 2 heterocycles. The van der Waals surface area contributed by atoms with Crippen LogP contribution in [0.1, 0.15) is 24.6 Å². The van der Waals surface area contributed by atoms with Crippen molar-refractivity contribution in [2.45, 2.75) is 18.9 Å². The normalized spacial score (nSPS) is 16.6. The van der Waals surface area contributed by atoms with Gasteiger partial charge < -0.3 is 5.32 Å². The second-order valence-corrected chi connectivity index (χ2v) is 5.37. The first-order valence-electron chi connectivity index (χ1n) is 6.49. The summed E-state index contributed by atoms with van der Waals surface area (Å²) < 4.78 is 0.915. The molecule has 0 aliphatic carbocycles. The standard InChI is InChI=1S/C14H20BrN3.2ClH/c1-2-3-6-13(18-10-8-16-9-11-18)12-5-4-7-14(15)17-12;;/h2,4-5,7,13,16H,1,3,6,8-11H2;2*1H/t13-;;/m1../s1. The summed E-state index contributed by atoms with van der Waals surface area (Å²) in [5, 5.41) is 3.40. The van der Waals surface area contributed by atoms with Gasteiger partial charge in [-0.2, -0.15) is 0 Å². The van der Waals surface area contributed by atoms with Crippen LogP contribution in [0.4, 0.5) is 0 Å². The van der Waals surface area contributed by atoms with E-state index >= 15 is 0 Å². The smallest absolute Gasteiger partial charge is 0.106 e. The molecule has 6 heteroatoms. The molecule has 0 radical (unpaired) electrons. The van der Waals surface area contributed by atoms with Crippen LogP contribution in [-0.2, 0) is 0 Å². The first-order valence-corrected chi connectivity index (χ1v) is 7.28. The minimum atomic E-state index is 0. The maximum Gasteiger partial charge on any atom is 0.106 e. The molecule has 1 saturated heterocycles. The summed E-state index contributed by atoms with van der Waals surface area (Å²) in [5.74, 6) is 0. The van der Waals surface area contributed by atoms with Crippen LogP contribution in [0.25, 0.3) is 0 Å². The molecule has 1 aromatic rings. The lowest BCUT2D eigenvalue weighted by Crippen LogP contribution is -2.45.